The highest BCUT2D eigenvalue weighted by molar-refractivity contribution is 5.72. The van der Waals surface area contributed by atoms with Gasteiger partial charge in [0.2, 0.25) is 6.41 Å². The summed E-state index contributed by atoms with van der Waals surface area (Å²) in [6, 6.07) is 0. The molecule has 3 rings (SSSR count). The molecule has 1 aliphatic heterocycles. The molecule has 0 spiro atoms. The van der Waals surface area contributed by atoms with E-state index in [0.717, 1.165) is 11.2 Å². The van der Waals surface area contributed by atoms with Gasteiger partial charge in [0.25, 0.3) is 0 Å². The third-order valence-electron chi connectivity index (χ3n) is 2.71. The van der Waals surface area contributed by atoms with Crippen LogP contribution in [0.4, 0.5) is 0 Å². The molecule has 0 amide bonds. The predicted molar refractivity (Wildman–Crippen MR) is 57.0 cm³/mol. The average molecular weight is 236 g/mol. The predicted octanol–water partition coefficient (Wildman–Crippen LogP) is -0.00148. The van der Waals surface area contributed by atoms with Crippen LogP contribution in [0.25, 0.3) is 11.2 Å². The number of aromatic nitrogens is 4. The van der Waals surface area contributed by atoms with E-state index in [1.165, 1.54) is 6.33 Å². The molecule has 2 aromatic heterocycles. The highest BCUT2D eigenvalue weighted by Crippen LogP contribution is 2.24. The van der Waals surface area contributed by atoms with Crippen molar-refractivity contribution in [1.82, 2.24) is 19.5 Å². The number of fused-ring (bicyclic) bond motifs is 1. The van der Waals surface area contributed by atoms with Gasteiger partial charge in [0.15, 0.2) is 5.65 Å². The molecule has 1 fully saturated rings. The number of hydrogen-bond donors (Lipinski definition) is 1. The van der Waals surface area contributed by atoms with Crippen LogP contribution in [0.3, 0.4) is 0 Å². The maximum Gasteiger partial charge on any atom is 0.247 e. The van der Waals surface area contributed by atoms with Gasteiger partial charge in [0.1, 0.15) is 24.3 Å². The summed E-state index contributed by atoms with van der Waals surface area (Å²) in [7, 11) is 0. The van der Waals surface area contributed by atoms with Crippen LogP contribution in [0.5, 0.6) is 0 Å². The zero-order valence-corrected chi connectivity index (χ0v) is 9.28. The first-order chi connectivity index (χ1) is 8.29. The zero-order chi connectivity index (χ0) is 11.8. The first kappa shape index (κ1) is 10.6. The minimum atomic E-state index is -0.577. The van der Waals surface area contributed by atoms with Crippen LogP contribution in [-0.4, -0.2) is 43.9 Å². The zero-order valence-electron chi connectivity index (χ0n) is 9.28. The van der Waals surface area contributed by atoms with E-state index in [1.54, 1.807) is 10.9 Å². The molecule has 2 aromatic rings. The number of hydrogen-bond acceptors (Lipinski definition) is 6. The van der Waals surface area contributed by atoms with E-state index in [4.69, 9.17) is 14.6 Å². The molecule has 2 atom stereocenters. The molecule has 7 heteroatoms. The summed E-state index contributed by atoms with van der Waals surface area (Å²) < 4.78 is 12.6. The van der Waals surface area contributed by atoms with Gasteiger partial charge in [-0.1, -0.05) is 0 Å². The van der Waals surface area contributed by atoms with Gasteiger partial charge >= 0.3 is 0 Å². The molecule has 17 heavy (non-hydrogen) atoms. The summed E-state index contributed by atoms with van der Waals surface area (Å²) >= 11 is 0. The van der Waals surface area contributed by atoms with Crippen LogP contribution in [0.2, 0.25) is 0 Å². The van der Waals surface area contributed by atoms with Crippen molar-refractivity contribution in [3.05, 3.63) is 18.3 Å². The molecule has 3 heterocycles. The number of rotatable bonds is 2. The van der Waals surface area contributed by atoms with Gasteiger partial charge in [-0.25, -0.2) is 15.0 Å². The van der Waals surface area contributed by atoms with Crippen molar-refractivity contribution in [2.75, 3.05) is 13.2 Å². The molecule has 0 radical (unpaired) electrons. The molecule has 0 aliphatic carbocycles. The quantitative estimate of drug-likeness (QED) is 0.790. The fraction of sp³-hybridized carbons (Fsp3) is 0.500. The van der Waals surface area contributed by atoms with E-state index in [2.05, 4.69) is 15.0 Å². The number of aliphatic hydroxyl groups is 1. The summed E-state index contributed by atoms with van der Waals surface area (Å²) in [5.41, 5.74) is 2.21. The van der Waals surface area contributed by atoms with Crippen molar-refractivity contribution in [2.24, 2.45) is 0 Å². The number of aryl methyl sites for hydroxylation is 1. The van der Waals surface area contributed by atoms with E-state index in [0.29, 0.717) is 12.3 Å². The summed E-state index contributed by atoms with van der Waals surface area (Å²) in [4.78, 5) is 12.5. The minimum Gasteiger partial charge on any atom is -0.394 e. The Kier molecular flexibility index (Phi) is 2.50. The number of nitrogens with zero attached hydrogens (tertiary/aromatic N) is 4. The molecule has 1 aliphatic rings. The third-order valence-corrected chi connectivity index (χ3v) is 2.71. The third kappa shape index (κ3) is 1.68. The van der Waals surface area contributed by atoms with Crippen LogP contribution in [-0.2, 0) is 9.47 Å². The van der Waals surface area contributed by atoms with Gasteiger partial charge in [0.05, 0.1) is 18.9 Å². The summed E-state index contributed by atoms with van der Waals surface area (Å²) in [5, 5.41) is 8.98. The summed E-state index contributed by atoms with van der Waals surface area (Å²) in [6.07, 6.45) is 2.22. The fourth-order valence-electron chi connectivity index (χ4n) is 1.80. The maximum atomic E-state index is 8.98. The molecular formula is C10H12N4O3. The standard InChI is InChI=1S/C10H12N4O3/c1-6-8-9(12-4-11-6)14(5-13-8)10-16-3-7(2-15)17-10/h4-5,7,10,15H,2-3H2,1H3/t7-,10+/m0/s1. The Morgan fingerprint density at radius 3 is 3.12 bits per heavy atom. The van der Waals surface area contributed by atoms with Gasteiger partial charge in [-0.2, -0.15) is 0 Å². The van der Waals surface area contributed by atoms with Crippen molar-refractivity contribution in [1.29, 1.82) is 0 Å². The van der Waals surface area contributed by atoms with Crippen LogP contribution in [0, 0.1) is 6.92 Å². The molecule has 0 unspecified atom stereocenters. The Morgan fingerprint density at radius 2 is 2.35 bits per heavy atom. The van der Waals surface area contributed by atoms with E-state index in [9.17, 15) is 0 Å². The number of aliphatic hydroxyl groups excluding tert-OH is 1. The topological polar surface area (TPSA) is 82.3 Å². The second-order valence-electron chi connectivity index (χ2n) is 3.86. The van der Waals surface area contributed by atoms with Crippen LogP contribution in [0.15, 0.2) is 12.7 Å². The maximum absolute atomic E-state index is 8.98. The lowest BCUT2D eigenvalue weighted by Gasteiger charge is -2.11. The second-order valence-corrected chi connectivity index (χ2v) is 3.86. The first-order valence-corrected chi connectivity index (χ1v) is 5.31. The van der Waals surface area contributed by atoms with Crippen molar-refractivity contribution in [3.63, 3.8) is 0 Å². The SMILES string of the molecule is Cc1ncnc2c1ncn2[C@@H]1OC[C@H](CO)O1. The smallest absolute Gasteiger partial charge is 0.247 e. The van der Waals surface area contributed by atoms with E-state index < -0.39 is 6.41 Å². The Morgan fingerprint density at radius 1 is 1.47 bits per heavy atom. The van der Waals surface area contributed by atoms with Gasteiger partial charge in [-0.15, -0.1) is 0 Å². The largest absolute Gasteiger partial charge is 0.394 e. The van der Waals surface area contributed by atoms with E-state index >= 15 is 0 Å². The average Bonchev–Trinajstić information content (AvgIpc) is 2.94. The lowest BCUT2D eigenvalue weighted by atomic mass is 10.4. The van der Waals surface area contributed by atoms with Gasteiger partial charge in [-0.3, -0.25) is 4.57 Å². The van der Waals surface area contributed by atoms with Crippen LogP contribution >= 0.6 is 0 Å². The second kappa shape index (κ2) is 4.02. The molecule has 0 aromatic carbocycles. The highest BCUT2D eigenvalue weighted by Gasteiger charge is 2.28. The van der Waals surface area contributed by atoms with E-state index in [1.807, 2.05) is 6.92 Å². The molecule has 0 bridgehead atoms. The Bertz CT molecular complexity index is 541. The van der Waals surface area contributed by atoms with Gasteiger partial charge in [-0.05, 0) is 6.92 Å². The molecule has 1 saturated heterocycles. The Balaban J connectivity index is 1.99. The Hall–Kier alpha value is -1.57. The van der Waals surface area contributed by atoms with Crippen molar-refractivity contribution >= 4 is 11.2 Å². The van der Waals surface area contributed by atoms with Crippen molar-refractivity contribution in [3.8, 4) is 0 Å². The fourth-order valence-corrected chi connectivity index (χ4v) is 1.80. The van der Waals surface area contributed by atoms with Crippen molar-refractivity contribution < 1.29 is 14.6 Å². The summed E-state index contributed by atoms with van der Waals surface area (Å²) in [6.45, 7) is 2.18. The van der Waals surface area contributed by atoms with Crippen LogP contribution < -0.4 is 0 Å². The lowest BCUT2D eigenvalue weighted by molar-refractivity contribution is -0.117. The molecule has 7 nitrogen and oxygen atoms in total. The number of ether oxygens (including phenoxy) is 2. The van der Waals surface area contributed by atoms with E-state index in [-0.39, 0.29) is 12.7 Å². The summed E-state index contributed by atoms with van der Waals surface area (Å²) in [5.74, 6) is 0. The first-order valence-electron chi connectivity index (χ1n) is 5.31. The minimum absolute atomic E-state index is 0.0584. The van der Waals surface area contributed by atoms with Crippen LogP contribution in [0.1, 0.15) is 12.1 Å². The van der Waals surface area contributed by atoms with Gasteiger partial charge < -0.3 is 14.6 Å². The lowest BCUT2D eigenvalue weighted by Crippen LogP contribution is -2.15. The highest BCUT2D eigenvalue weighted by atomic mass is 16.7. The number of imidazole rings is 1. The van der Waals surface area contributed by atoms with Crippen molar-refractivity contribution in [2.45, 2.75) is 19.4 Å². The Labute approximate surface area is 97.0 Å². The van der Waals surface area contributed by atoms with Gasteiger partial charge in [0, 0.05) is 0 Å². The molecular weight excluding hydrogens is 224 g/mol. The molecule has 90 valence electrons. The monoisotopic (exact) mass is 236 g/mol. The normalized spacial score (nSPS) is 24.6. The molecule has 0 saturated carbocycles. The molecule has 1 N–H and O–H groups in total.